The van der Waals surface area contributed by atoms with Gasteiger partial charge in [0.1, 0.15) is 23.3 Å². The second-order valence-electron chi connectivity index (χ2n) is 7.41. The smallest absolute Gasteiger partial charge is 0.411 e. The van der Waals surface area contributed by atoms with Crippen molar-refractivity contribution in [2.45, 2.75) is 19.4 Å². The molecule has 0 saturated carbocycles. The molecule has 34 heavy (non-hydrogen) atoms. The molecule has 176 valence electrons. The lowest BCUT2D eigenvalue weighted by atomic mass is 10.0. The van der Waals surface area contributed by atoms with Crippen LogP contribution in [0.3, 0.4) is 0 Å². The van der Waals surface area contributed by atoms with Crippen LogP contribution in [0.4, 0.5) is 10.5 Å². The molecule has 1 aliphatic rings. The molecule has 0 bridgehead atoms. The standard InChI is InChI=1S/C25H25N3O6/c1-3-32-25(30)26-18-6-4-7-20(14-18)34-16-24(29)28-22(23-8-5-13-33-23)15-21(27-28)17-9-11-19(31-2)12-10-17/h4-14,22H,3,15-16H2,1-2H3,(H,26,30). The van der Waals surface area contributed by atoms with Gasteiger partial charge in [-0.25, -0.2) is 9.80 Å². The fraction of sp³-hybridized carbons (Fsp3) is 0.240. The number of carbonyl (C=O) groups excluding carboxylic acids is 2. The highest BCUT2D eigenvalue weighted by atomic mass is 16.5. The first-order chi connectivity index (χ1) is 16.6. The van der Waals surface area contributed by atoms with Crippen molar-refractivity contribution in [3.8, 4) is 11.5 Å². The fourth-order valence-corrected chi connectivity index (χ4v) is 3.56. The van der Waals surface area contributed by atoms with Crippen LogP contribution in [0.15, 0.2) is 76.4 Å². The van der Waals surface area contributed by atoms with Gasteiger partial charge < -0.3 is 18.6 Å². The lowest BCUT2D eigenvalue weighted by Gasteiger charge is -2.20. The van der Waals surface area contributed by atoms with Crippen LogP contribution in [-0.4, -0.2) is 43.0 Å². The maximum Gasteiger partial charge on any atom is 0.411 e. The third kappa shape index (κ3) is 5.37. The van der Waals surface area contributed by atoms with E-state index in [1.54, 1.807) is 50.6 Å². The van der Waals surface area contributed by atoms with Crippen LogP contribution in [0.25, 0.3) is 0 Å². The van der Waals surface area contributed by atoms with Gasteiger partial charge in [-0.1, -0.05) is 6.07 Å². The van der Waals surface area contributed by atoms with Crippen molar-refractivity contribution < 1.29 is 28.2 Å². The molecule has 4 rings (SSSR count). The summed E-state index contributed by atoms with van der Waals surface area (Å²) in [7, 11) is 1.61. The monoisotopic (exact) mass is 463 g/mol. The fourth-order valence-electron chi connectivity index (χ4n) is 3.56. The molecule has 0 spiro atoms. The number of amides is 2. The molecule has 1 aromatic heterocycles. The highest BCUT2D eigenvalue weighted by molar-refractivity contribution is 6.03. The number of hydrogen-bond donors (Lipinski definition) is 1. The normalized spacial score (nSPS) is 14.9. The molecule has 0 radical (unpaired) electrons. The van der Waals surface area contributed by atoms with E-state index in [1.807, 2.05) is 30.3 Å². The Labute approximate surface area is 196 Å². The summed E-state index contributed by atoms with van der Waals surface area (Å²) in [5.74, 6) is 1.48. The van der Waals surface area contributed by atoms with Crippen molar-refractivity contribution in [1.82, 2.24) is 5.01 Å². The summed E-state index contributed by atoms with van der Waals surface area (Å²) in [6.07, 6.45) is 1.52. The summed E-state index contributed by atoms with van der Waals surface area (Å²) in [4.78, 5) is 24.7. The molecule has 3 aromatic rings. The third-order valence-electron chi connectivity index (χ3n) is 5.18. The van der Waals surface area contributed by atoms with Crippen LogP contribution in [0, 0.1) is 0 Å². The third-order valence-corrected chi connectivity index (χ3v) is 5.18. The zero-order valence-electron chi connectivity index (χ0n) is 18.9. The van der Waals surface area contributed by atoms with E-state index in [1.165, 1.54) is 5.01 Å². The zero-order valence-corrected chi connectivity index (χ0v) is 18.9. The van der Waals surface area contributed by atoms with E-state index in [-0.39, 0.29) is 25.2 Å². The molecular formula is C25H25N3O6. The first-order valence-corrected chi connectivity index (χ1v) is 10.8. The number of benzene rings is 2. The van der Waals surface area contributed by atoms with E-state index in [9.17, 15) is 9.59 Å². The molecule has 2 heterocycles. The van der Waals surface area contributed by atoms with Gasteiger partial charge >= 0.3 is 6.09 Å². The summed E-state index contributed by atoms with van der Waals surface area (Å²) in [5, 5.41) is 8.59. The van der Waals surface area contributed by atoms with E-state index in [4.69, 9.17) is 18.6 Å². The largest absolute Gasteiger partial charge is 0.497 e. The van der Waals surface area contributed by atoms with E-state index >= 15 is 0 Å². The van der Waals surface area contributed by atoms with Crippen molar-refractivity contribution in [3.63, 3.8) is 0 Å². The molecule has 0 fully saturated rings. The minimum absolute atomic E-state index is 0.237. The van der Waals surface area contributed by atoms with Crippen LogP contribution in [0.2, 0.25) is 0 Å². The Balaban J connectivity index is 1.47. The number of furan rings is 1. The maximum atomic E-state index is 13.1. The quantitative estimate of drug-likeness (QED) is 0.523. The van der Waals surface area contributed by atoms with Crippen molar-refractivity contribution in [3.05, 3.63) is 78.3 Å². The number of ether oxygens (including phenoxy) is 3. The van der Waals surface area contributed by atoms with Crippen LogP contribution < -0.4 is 14.8 Å². The van der Waals surface area contributed by atoms with Gasteiger partial charge in [-0.3, -0.25) is 10.1 Å². The number of hydrogen-bond acceptors (Lipinski definition) is 7. The van der Waals surface area contributed by atoms with Gasteiger partial charge in [0.25, 0.3) is 5.91 Å². The highest BCUT2D eigenvalue weighted by Crippen LogP contribution is 2.33. The predicted octanol–water partition coefficient (Wildman–Crippen LogP) is 4.61. The average molecular weight is 463 g/mol. The molecular weight excluding hydrogens is 438 g/mol. The molecule has 2 amide bonds. The van der Waals surface area contributed by atoms with Gasteiger partial charge in [-0.15, -0.1) is 0 Å². The summed E-state index contributed by atoms with van der Waals surface area (Å²) in [5.41, 5.74) is 2.15. The highest BCUT2D eigenvalue weighted by Gasteiger charge is 2.35. The lowest BCUT2D eigenvalue weighted by Crippen LogP contribution is -2.31. The first kappa shape index (κ1) is 22.9. The summed E-state index contributed by atoms with van der Waals surface area (Å²) in [6.45, 7) is 1.75. The second-order valence-corrected chi connectivity index (χ2v) is 7.41. The number of anilines is 1. The zero-order chi connectivity index (χ0) is 23.9. The first-order valence-electron chi connectivity index (χ1n) is 10.8. The molecule has 0 saturated heterocycles. The van der Waals surface area contributed by atoms with Crippen molar-refractivity contribution in [1.29, 1.82) is 0 Å². The van der Waals surface area contributed by atoms with Crippen molar-refractivity contribution in [2.75, 3.05) is 25.6 Å². The second kappa shape index (κ2) is 10.6. The lowest BCUT2D eigenvalue weighted by molar-refractivity contribution is -0.135. The average Bonchev–Trinajstić information content (AvgIpc) is 3.53. The van der Waals surface area contributed by atoms with Gasteiger partial charge in [0, 0.05) is 18.2 Å². The number of nitrogens with zero attached hydrogens (tertiary/aromatic N) is 2. The molecule has 1 unspecified atom stereocenters. The Hall–Kier alpha value is -4.27. The number of nitrogens with one attached hydrogen (secondary N) is 1. The number of methoxy groups -OCH3 is 1. The number of carbonyl (C=O) groups is 2. The molecule has 9 nitrogen and oxygen atoms in total. The Morgan fingerprint density at radius 1 is 1.12 bits per heavy atom. The van der Waals surface area contributed by atoms with E-state index < -0.39 is 6.09 Å². The molecule has 1 atom stereocenters. The topological polar surface area (TPSA) is 103 Å². The van der Waals surface area contributed by atoms with Crippen LogP contribution in [0.5, 0.6) is 11.5 Å². The minimum atomic E-state index is -0.561. The molecule has 1 N–H and O–H groups in total. The van der Waals surface area contributed by atoms with E-state index in [0.29, 0.717) is 23.6 Å². The van der Waals surface area contributed by atoms with Crippen molar-refractivity contribution >= 4 is 23.4 Å². The van der Waals surface area contributed by atoms with Crippen LogP contribution in [0.1, 0.15) is 30.7 Å². The van der Waals surface area contributed by atoms with E-state index in [0.717, 1.165) is 17.0 Å². The Morgan fingerprint density at radius 2 is 1.94 bits per heavy atom. The molecule has 2 aromatic carbocycles. The SMILES string of the molecule is CCOC(=O)Nc1cccc(OCC(=O)N2N=C(c3ccc(OC)cc3)CC2c2ccco2)c1. The number of hydrazone groups is 1. The van der Waals surface area contributed by atoms with E-state index in [2.05, 4.69) is 10.4 Å². The summed E-state index contributed by atoms with van der Waals surface area (Å²) in [6, 6.07) is 17.5. The van der Waals surface area contributed by atoms with Gasteiger partial charge in [0.05, 0.1) is 25.7 Å². The maximum absolute atomic E-state index is 13.1. The Kier molecular flexibility index (Phi) is 7.12. The van der Waals surface area contributed by atoms with Gasteiger partial charge in [-0.2, -0.15) is 5.10 Å². The summed E-state index contributed by atoms with van der Waals surface area (Å²) >= 11 is 0. The van der Waals surface area contributed by atoms with Crippen LogP contribution >= 0.6 is 0 Å². The predicted molar refractivity (Wildman–Crippen MR) is 125 cm³/mol. The Bertz CT molecular complexity index is 1160. The molecule has 1 aliphatic heterocycles. The van der Waals surface area contributed by atoms with Gasteiger partial charge in [-0.05, 0) is 61.0 Å². The summed E-state index contributed by atoms with van der Waals surface area (Å²) < 4.78 is 21.4. The number of rotatable bonds is 8. The molecule has 0 aliphatic carbocycles. The Morgan fingerprint density at radius 3 is 2.65 bits per heavy atom. The van der Waals surface area contributed by atoms with Gasteiger partial charge in [0.2, 0.25) is 0 Å². The van der Waals surface area contributed by atoms with Gasteiger partial charge in [0.15, 0.2) is 6.61 Å². The van der Waals surface area contributed by atoms with Crippen LogP contribution in [-0.2, 0) is 9.53 Å². The van der Waals surface area contributed by atoms with Crippen molar-refractivity contribution in [2.24, 2.45) is 5.10 Å². The minimum Gasteiger partial charge on any atom is -0.497 e. The molecule has 9 heteroatoms.